The molecule has 0 saturated carbocycles. The average Bonchev–Trinajstić information content (AvgIpc) is 0.837. The molecule has 4 N–H and O–H groups in total. The van der Waals surface area contributed by atoms with Gasteiger partial charge in [-0.1, -0.05) is 60.7 Å². The molecule has 500 valence electrons. The summed E-state index contributed by atoms with van der Waals surface area (Å²) in [5.74, 6) is -2.49. The molecule has 2 heterocycles. The van der Waals surface area contributed by atoms with E-state index >= 15 is 0 Å². The smallest absolute Gasteiger partial charge is 0.416 e. The quantitative estimate of drug-likeness (QED) is 0.0409. The number of halogens is 8. The van der Waals surface area contributed by atoms with Gasteiger partial charge >= 0.3 is 30.3 Å². The summed E-state index contributed by atoms with van der Waals surface area (Å²) < 4.78 is 102. The standard InChI is InChI=1S/C34H32BrF3N4O5.C17H20BrN3O2.C17H14F3NO4/c1-33(2,3)47-30(44)20-42(19-21-5-7-22(8-6-21)31-39-17-25(35)18-40-31)32(45)23-9-12-26(13-10-23)41-29(43)15-24-11-14-27(46-4)16-28(24)34(36,37)38;1-17(2,3)23-15(22)11-19-8-12-4-6-13(7-5-12)16-20-9-14(18)10-21-16;1-25-13-7-4-11(14(9-13)17(18,19)20)8-15(22)21-12-5-2-10(3-6-12)16(23)24/h5-14,16-18H,15,19-20H2,1-4H3,(H,41,43);4-7,9-10,19H,8,11H2,1-3H3;2-7,9H,8H2,1H3,(H,21,22)(H,23,24). The molecule has 8 aromatic rings. The van der Waals surface area contributed by atoms with Crippen LogP contribution < -0.4 is 25.4 Å². The molecule has 0 aliphatic heterocycles. The highest BCUT2D eigenvalue weighted by Crippen LogP contribution is 2.36. The largest absolute Gasteiger partial charge is 0.497 e. The second-order valence-corrected chi connectivity index (χ2v) is 24.6. The molecule has 27 heteroatoms. The van der Waals surface area contributed by atoms with Crippen LogP contribution in [-0.2, 0) is 66.9 Å². The molecule has 19 nitrogen and oxygen atoms in total. The van der Waals surface area contributed by atoms with E-state index in [-0.39, 0.29) is 70.7 Å². The number of carbonyl (C=O) groups is 6. The van der Waals surface area contributed by atoms with Crippen LogP contribution in [0, 0.1) is 0 Å². The first-order valence-corrected chi connectivity index (χ1v) is 30.3. The van der Waals surface area contributed by atoms with Crippen molar-refractivity contribution in [2.24, 2.45) is 0 Å². The zero-order valence-corrected chi connectivity index (χ0v) is 55.7. The molecule has 0 saturated heterocycles. The first-order chi connectivity index (χ1) is 44.6. The minimum absolute atomic E-state index is 0.0229. The number of carboxylic acid groups (broad SMARTS) is 1. The lowest BCUT2D eigenvalue weighted by atomic mass is 10.0. The average molecular weight is 1450 g/mol. The highest BCUT2D eigenvalue weighted by molar-refractivity contribution is 9.10. The highest BCUT2D eigenvalue weighted by Gasteiger charge is 2.36. The van der Waals surface area contributed by atoms with E-state index in [2.05, 4.69) is 67.7 Å². The van der Waals surface area contributed by atoms with Gasteiger partial charge < -0.3 is 44.9 Å². The summed E-state index contributed by atoms with van der Waals surface area (Å²) in [7, 11) is 2.51. The number of hydrogen-bond donors (Lipinski definition) is 4. The third kappa shape index (κ3) is 24.7. The monoisotopic (exact) mass is 1440 g/mol. The third-order valence-electron chi connectivity index (χ3n) is 12.9. The van der Waals surface area contributed by atoms with Crippen molar-refractivity contribution in [3.63, 3.8) is 0 Å². The molecule has 0 aliphatic rings. The van der Waals surface area contributed by atoms with Crippen LogP contribution in [0.15, 0.2) is 167 Å². The fourth-order valence-electron chi connectivity index (χ4n) is 8.62. The summed E-state index contributed by atoms with van der Waals surface area (Å²) in [4.78, 5) is 91.8. The van der Waals surface area contributed by atoms with E-state index in [4.69, 9.17) is 24.1 Å². The number of rotatable bonds is 20. The van der Waals surface area contributed by atoms with Crippen LogP contribution in [0.1, 0.15) is 95.6 Å². The highest BCUT2D eigenvalue weighted by atomic mass is 79.9. The first-order valence-electron chi connectivity index (χ1n) is 28.7. The Kier molecular flexibility index (Phi) is 26.2. The number of amides is 3. The molecule has 6 aromatic carbocycles. The van der Waals surface area contributed by atoms with Crippen molar-refractivity contribution in [1.82, 2.24) is 30.2 Å². The van der Waals surface area contributed by atoms with Crippen LogP contribution in [0.25, 0.3) is 22.8 Å². The summed E-state index contributed by atoms with van der Waals surface area (Å²) >= 11 is 6.63. The minimum Gasteiger partial charge on any atom is -0.497 e. The van der Waals surface area contributed by atoms with Crippen molar-refractivity contribution in [2.45, 2.75) is 91.0 Å². The SMILES string of the molecule is CC(C)(C)OC(=O)CNCc1ccc(-c2ncc(Br)cn2)cc1.COc1ccc(CC(=O)Nc2ccc(C(=O)N(CC(=O)OC(C)(C)C)Cc3ccc(-c4ncc(Br)cn4)cc3)cc2)c(C(F)(F)F)c1.COc1ccc(CC(=O)Nc2ccc(C(=O)O)cc2)c(C(F)(F)F)c1. The van der Waals surface area contributed by atoms with Gasteiger partial charge in [-0.05, 0) is 168 Å². The molecule has 0 radical (unpaired) electrons. The fourth-order valence-corrected chi connectivity index (χ4v) is 9.03. The number of aromatic carboxylic acids is 1. The van der Waals surface area contributed by atoms with E-state index < -0.39 is 77.2 Å². The second-order valence-electron chi connectivity index (χ2n) is 22.7. The summed E-state index contributed by atoms with van der Waals surface area (Å²) in [5.41, 5.74) is 0.846. The fraction of sp³-hybridized carbons (Fsp3) is 0.265. The molecule has 0 spiro atoms. The first kappa shape index (κ1) is 74.4. The number of carbonyl (C=O) groups excluding carboxylic acids is 5. The molecule has 0 fully saturated rings. The van der Waals surface area contributed by atoms with Gasteiger partial charge in [-0.3, -0.25) is 24.0 Å². The van der Waals surface area contributed by atoms with Crippen LogP contribution >= 0.6 is 31.9 Å². The van der Waals surface area contributed by atoms with E-state index in [1.807, 2.05) is 69.3 Å². The molecular weight excluding hydrogens is 1380 g/mol. The second kappa shape index (κ2) is 33.5. The molecule has 2 aromatic heterocycles. The predicted octanol–water partition coefficient (Wildman–Crippen LogP) is 14.0. The Labute approximate surface area is 560 Å². The molecule has 0 atom stereocenters. The number of nitrogens with one attached hydrogen (secondary N) is 3. The van der Waals surface area contributed by atoms with Gasteiger partial charge in [0, 0.05) is 65.9 Å². The van der Waals surface area contributed by atoms with Crippen molar-refractivity contribution < 1.29 is 79.2 Å². The van der Waals surface area contributed by atoms with E-state index in [0.717, 1.165) is 43.3 Å². The molecule has 0 bridgehead atoms. The number of hydrogen-bond acceptors (Lipinski definition) is 15. The predicted molar refractivity (Wildman–Crippen MR) is 349 cm³/mol. The van der Waals surface area contributed by atoms with E-state index in [9.17, 15) is 55.1 Å². The number of nitrogens with zero attached hydrogens (tertiary/aromatic N) is 5. The van der Waals surface area contributed by atoms with Crippen molar-refractivity contribution in [3.8, 4) is 34.3 Å². The van der Waals surface area contributed by atoms with Crippen LogP contribution in [0.3, 0.4) is 0 Å². The Hall–Kier alpha value is -9.60. The van der Waals surface area contributed by atoms with Gasteiger partial charge in [0.15, 0.2) is 11.6 Å². The van der Waals surface area contributed by atoms with Crippen molar-refractivity contribution in [3.05, 3.63) is 212 Å². The Balaban J connectivity index is 0.000000249. The van der Waals surface area contributed by atoms with Gasteiger partial charge in [-0.15, -0.1) is 0 Å². The number of anilines is 2. The van der Waals surface area contributed by atoms with Gasteiger partial charge in [-0.2, -0.15) is 26.3 Å². The molecule has 95 heavy (non-hydrogen) atoms. The number of benzene rings is 6. The van der Waals surface area contributed by atoms with Gasteiger partial charge in [0.1, 0.15) is 29.2 Å². The van der Waals surface area contributed by atoms with Crippen LogP contribution in [0.2, 0.25) is 0 Å². The number of carboxylic acids is 1. The number of ether oxygens (including phenoxy) is 4. The Morgan fingerprint density at radius 3 is 1.28 bits per heavy atom. The lowest BCUT2D eigenvalue weighted by Crippen LogP contribution is -2.38. The van der Waals surface area contributed by atoms with E-state index in [1.165, 1.54) is 91.9 Å². The number of esters is 2. The van der Waals surface area contributed by atoms with E-state index in [0.29, 0.717) is 18.2 Å². The Morgan fingerprint density at radius 2 is 0.905 bits per heavy atom. The maximum atomic E-state index is 13.6. The summed E-state index contributed by atoms with van der Waals surface area (Å²) in [6.45, 7) is 11.3. The topological polar surface area (TPSA) is 250 Å². The molecular formula is C68H66Br2F6N8O11. The summed E-state index contributed by atoms with van der Waals surface area (Å²) in [5, 5.41) is 16.9. The molecule has 3 amide bonds. The lowest BCUT2D eigenvalue weighted by Gasteiger charge is -2.25. The van der Waals surface area contributed by atoms with Crippen LogP contribution in [-0.4, -0.2) is 104 Å². The van der Waals surface area contributed by atoms with E-state index in [1.54, 1.807) is 45.6 Å². The van der Waals surface area contributed by atoms with Gasteiger partial charge in [0.25, 0.3) is 5.91 Å². The Morgan fingerprint density at radius 1 is 0.516 bits per heavy atom. The maximum absolute atomic E-state index is 13.6. The van der Waals surface area contributed by atoms with Crippen molar-refractivity contribution >= 4 is 78.9 Å². The van der Waals surface area contributed by atoms with Gasteiger partial charge in [-0.25, -0.2) is 24.7 Å². The minimum atomic E-state index is -4.67. The zero-order chi connectivity index (χ0) is 69.8. The van der Waals surface area contributed by atoms with Crippen molar-refractivity contribution in [2.75, 3.05) is 37.9 Å². The normalized spacial score (nSPS) is 11.3. The number of alkyl halides is 6. The molecule has 8 rings (SSSR count). The van der Waals surface area contributed by atoms with Crippen LogP contribution in [0.4, 0.5) is 37.7 Å². The molecule has 0 aliphatic carbocycles. The van der Waals surface area contributed by atoms with Crippen LogP contribution in [0.5, 0.6) is 11.5 Å². The summed E-state index contributed by atoms with van der Waals surface area (Å²) in [6.07, 6.45) is -3.59. The maximum Gasteiger partial charge on any atom is 0.416 e. The number of methoxy groups -OCH3 is 2. The zero-order valence-electron chi connectivity index (χ0n) is 52.5. The Bertz CT molecular complexity index is 3930. The lowest BCUT2D eigenvalue weighted by molar-refractivity contribution is -0.156. The third-order valence-corrected chi connectivity index (χ3v) is 13.7. The van der Waals surface area contributed by atoms with Gasteiger partial charge in [0.05, 0.1) is 59.2 Å². The molecule has 0 unspecified atom stereocenters. The van der Waals surface area contributed by atoms with Gasteiger partial charge in [0.2, 0.25) is 11.8 Å². The number of aromatic nitrogens is 4. The van der Waals surface area contributed by atoms with Crippen molar-refractivity contribution in [1.29, 1.82) is 0 Å². The summed E-state index contributed by atoms with van der Waals surface area (Å²) in [6, 6.07) is 33.1.